The molecule has 0 unspecified atom stereocenters. The van der Waals surface area contributed by atoms with Gasteiger partial charge in [0.2, 0.25) is 5.91 Å². The molecule has 0 radical (unpaired) electrons. The van der Waals surface area contributed by atoms with E-state index in [2.05, 4.69) is 41.9 Å². The summed E-state index contributed by atoms with van der Waals surface area (Å²) in [4.78, 5) is 18.3. The summed E-state index contributed by atoms with van der Waals surface area (Å²) < 4.78 is 0. The molecular formula is C22H23ClN2O. The second-order valence-corrected chi connectivity index (χ2v) is 7.52. The van der Waals surface area contributed by atoms with Crippen molar-refractivity contribution < 1.29 is 4.79 Å². The number of amides is 1. The molecule has 134 valence electrons. The lowest BCUT2D eigenvalue weighted by atomic mass is 9.96. The van der Waals surface area contributed by atoms with E-state index in [4.69, 9.17) is 11.6 Å². The number of rotatable bonds is 4. The average molecular weight is 367 g/mol. The van der Waals surface area contributed by atoms with Crippen LogP contribution in [0.1, 0.15) is 44.7 Å². The highest BCUT2D eigenvalue weighted by atomic mass is 35.5. The molecule has 1 amide bonds. The van der Waals surface area contributed by atoms with E-state index in [9.17, 15) is 4.79 Å². The van der Waals surface area contributed by atoms with Gasteiger partial charge in [0.05, 0.1) is 11.7 Å². The third kappa shape index (κ3) is 2.80. The minimum atomic E-state index is 0.110. The van der Waals surface area contributed by atoms with E-state index in [0.29, 0.717) is 6.42 Å². The summed E-state index contributed by atoms with van der Waals surface area (Å²) >= 11 is 6.08. The van der Waals surface area contributed by atoms with Crippen LogP contribution in [0.3, 0.4) is 0 Å². The van der Waals surface area contributed by atoms with Crippen molar-refractivity contribution in [3.63, 3.8) is 0 Å². The number of benzene rings is 2. The Morgan fingerprint density at radius 1 is 1.19 bits per heavy atom. The Morgan fingerprint density at radius 3 is 2.65 bits per heavy atom. The van der Waals surface area contributed by atoms with Crippen LogP contribution in [0.4, 0.5) is 0 Å². The normalized spacial score (nSPS) is 18.7. The number of likely N-dealkylation sites (tertiary alicyclic amines) is 1. The van der Waals surface area contributed by atoms with E-state index in [-0.39, 0.29) is 18.0 Å². The fourth-order valence-corrected chi connectivity index (χ4v) is 4.22. The van der Waals surface area contributed by atoms with E-state index in [0.717, 1.165) is 34.6 Å². The van der Waals surface area contributed by atoms with Gasteiger partial charge in [0.1, 0.15) is 0 Å². The van der Waals surface area contributed by atoms with Gasteiger partial charge in [0.15, 0.2) is 0 Å². The van der Waals surface area contributed by atoms with Crippen LogP contribution in [0.2, 0.25) is 5.02 Å². The number of para-hydroxylation sites is 1. The SMILES string of the molecule is CC[C@@H](C)N1C(=O)CC[C@H]1c1c(-c2ccc(Cl)cc2)[nH]c2ccccc12. The van der Waals surface area contributed by atoms with Crippen LogP contribution in [0.5, 0.6) is 0 Å². The van der Waals surface area contributed by atoms with E-state index in [1.165, 1.54) is 10.9 Å². The third-order valence-corrected chi connectivity index (χ3v) is 5.79. The highest BCUT2D eigenvalue weighted by molar-refractivity contribution is 6.30. The summed E-state index contributed by atoms with van der Waals surface area (Å²) in [5.74, 6) is 0.261. The first-order chi connectivity index (χ1) is 12.6. The van der Waals surface area contributed by atoms with Gasteiger partial charge >= 0.3 is 0 Å². The van der Waals surface area contributed by atoms with Gasteiger partial charge in [-0.2, -0.15) is 0 Å². The van der Waals surface area contributed by atoms with Gasteiger partial charge in [-0.05, 0) is 43.5 Å². The Balaban J connectivity index is 1.92. The second kappa shape index (κ2) is 6.81. The van der Waals surface area contributed by atoms with Crippen molar-refractivity contribution in [1.82, 2.24) is 9.88 Å². The van der Waals surface area contributed by atoms with Crippen LogP contribution in [-0.4, -0.2) is 21.8 Å². The van der Waals surface area contributed by atoms with Gasteiger partial charge in [-0.1, -0.05) is 48.9 Å². The summed E-state index contributed by atoms with van der Waals surface area (Å²) in [6.45, 7) is 4.29. The zero-order valence-corrected chi connectivity index (χ0v) is 15.9. The number of carbonyl (C=O) groups excluding carboxylic acids is 1. The van der Waals surface area contributed by atoms with Gasteiger partial charge in [0, 0.05) is 34.0 Å². The van der Waals surface area contributed by atoms with Gasteiger partial charge in [0.25, 0.3) is 0 Å². The number of nitrogens with zero attached hydrogens (tertiary/aromatic N) is 1. The Morgan fingerprint density at radius 2 is 1.92 bits per heavy atom. The summed E-state index contributed by atoms with van der Waals surface area (Å²) in [6.07, 6.45) is 2.45. The number of carbonyl (C=O) groups is 1. The van der Waals surface area contributed by atoms with Gasteiger partial charge in [-0.3, -0.25) is 4.79 Å². The Labute approximate surface area is 159 Å². The molecule has 4 heteroatoms. The number of nitrogens with one attached hydrogen (secondary N) is 1. The molecule has 3 aromatic rings. The van der Waals surface area contributed by atoms with Crippen molar-refractivity contribution in [2.75, 3.05) is 0 Å². The highest BCUT2D eigenvalue weighted by Gasteiger charge is 2.37. The van der Waals surface area contributed by atoms with Crippen molar-refractivity contribution in [2.24, 2.45) is 0 Å². The Hall–Kier alpha value is -2.26. The summed E-state index contributed by atoms with van der Waals surface area (Å²) in [5, 5.41) is 1.93. The van der Waals surface area contributed by atoms with E-state index in [1.807, 2.05) is 30.3 Å². The molecule has 4 rings (SSSR count). The lowest BCUT2D eigenvalue weighted by Gasteiger charge is -2.31. The first kappa shape index (κ1) is 17.2. The standard InChI is InChI=1S/C22H23ClN2O/c1-3-14(2)25-19(12-13-20(25)26)21-17-6-4-5-7-18(17)24-22(21)15-8-10-16(23)11-9-15/h4-11,14,19,24H,3,12-13H2,1-2H3/t14-,19+/m1/s1. The molecule has 1 saturated heterocycles. The van der Waals surface area contributed by atoms with Crippen molar-refractivity contribution in [1.29, 1.82) is 0 Å². The summed E-state index contributed by atoms with van der Waals surface area (Å²) in [7, 11) is 0. The molecule has 1 aliphatic heterocycles. The molecule has 1 N–H and O–H groups in total. The van der Waals surface area contributed by atoms with E-state index < -0.39 is 0 Å². The van der Waals surface area contributed by atoms with Crippen LogP contribution < -0.4 is 0 Å². The lowest BCUT2D eigenvalue weighted by Crippen LogP contribution is -2.35. The van der Waals surface area contributed by atoms with Crippen molar-refractivity contribution in [3.05, 3.63) is 59.1 Å². The fourth-order valence-electron chi connectivity index (χ4n) is 4.09. The molecule has 1 fully saturated rings. The fraction of sp³-hybridized carbons (Fsp3) is 0.318. The van der Waals surface area contributed by atoms with Crippen LogP contribution in [-0.2, 0) is 4.79 Å². The quantitative estimate of drug-likeness (QED) is 0.608. The molecule has 3 nitrogen and oxygen atoms in total. The van der Waals surface area contributed by atoms with Gasteiger partial charge in [-0.15, -0.1) is 0 Å². The van der Waals surface area contributed by atoms with Crippen LogP contribution in [0.15, 0.2) is 48.5 Å². The zero-order valence-electron chi connectivity index (χ0n) is 15.1. The number of halogens is 1. The molecule has 0 spiro atoms. The van der Waals surface area contributed by atoms with Crippen LogP contribution in [0.25, 0.3) is 22.2 Å². The maximum Gasteiger partial charge on any atom is 0.223 e. The Bertz CT molecular complexity index is 944. The molecule has 0 bridgehead atoms. The van der Waals surface area contributed by atoms with Crippen molar-refractivity contribution >= 4 is 28.4 Å². The topological polar surface area (TPSA) is 36.1 Å². The van der Waals surface area contributed by atoms with Crippen LogP contribution >= 0.6 is 11.6 Å². The van der Waals surface area contributed by atoms with E-state index >= 15 is 0 Å². The maximum atomic E-state index is 12.6. The predicted molar refractivity (Wildman–Crippen MR) is 107 cm³/mol. The largest absolute Gasteiger partial charge is 0.354 e. The minimum Gasteiger partial charge on any atom is -0.354 e. The molecule has 1 aromatic heterocycles. The highest BCUT2D eigenvalue weighted by Crippen LogP contribution is 2.43. The summed E-state index contributed by atoms with van der Waals surface area (Å²) in [5.41, 5.74) is 4.53. The van der Waals surface area contributed by atoms with Crippen molar-refractivity contribution in [2.45, 2.75) is 45.2 Å². The molecule has 0 aliphatic carbocycles. The lowest BCUT2D eigenvalue weighted by molar-refractivity contribution is -0.131. The van der Waals surface area contributed by atoms with E-state index in [1.54, 1.807) is 0 Å². The average Bonchev–Trinajstić information content (AvgIpc) is 3.22. The molecule has 2 heterocycles. The smallest absolute Gasteiger partial charge is 0.223 e. The van der Waals surface area contributed by atoms with Gasteiger partial charge in [-0.25, -0.2) is 0 Å². The Kier molecular flexibility index (Phi) is 4.49. The number of H-pyrrole nitrogens is 1. The molecule has 2 aromatic carbocycles. The molecular weight excluding hydrogens is 344 g/mol. The number of hydrogen-bond donors (Lipinski definition) is 1. The zero-order chi connectivity index (χ0) is 18.3. The second-order valence-electron chi connectivity index (χ2n) is 7.08. The summed E-state index contributed by atoms with van der Waals surface area (Å²) in [6, 6.07) is 16.6. The number of aromatic amines is 1. The maximum absolute atomic E-state index is 12.6. The number of fused-ring (bicyclic) bond motifs is 1. The molecule has 0 saturated carbocycles. The van der Waals surface area contributed by atoms with Gasteiger partial charge < -0.3 is 9.88 Å². The monoisotopic (exact) mass is 366 g/mol. The molecule has 1 aliphatic rings. The number of hydrogen-bond acceptors (Lipinski definition) is 1. The minimum absolute atomic E-state index is 0.110. The van der Waals surface area contributed by atoms with Crippen molar-refractivity contribution in [3.8, 4) is 11.3 Å². The molecule has 26 heavy (non-hydrogen) atoms. The predicted octanol–water partition coefficient (Wildman–Crippen LogP) is 5.95. The molecule has 2 atom stereocenters. The number of aromatic nitrogens is 1. The first-order valence-electron chi connectivity index (χ1n) is 9.28. The first-order valence-corrected chi connectivity index (χ1v) is 9.65. The van der Waals surface area contributed by atoms with Crippen LogP contribution in [0, 0.1) is 0 Å². The third-order valence-electron chi connectivity index (χ3n) is 5.53.